The number of piperidine rings is 1. The van der Waals surface area contributed by atoms with Crippen LogP contribution in [-0.4, -0.2) is 46.8 Å². The molecule has 122 valence electrons. The highest BCUT2D eigenvalue weighted by Crippen LogP contribution is 2.16. The molecule has 3 rings (SSSR count). The maximum atomic E-state index is 12.6. The molecule has 0 radical (unpaired) electrons. The number of hydrogen-bond acceptors (Lipinski definition) is 4. The zero-order valence-corrected chi connectivity index (χ0v) is 13.9. The summed E-state index contributed by atoms with van der Waals surface area (Å²) in [7, 11) is 3.77. The van der Waals surface area contributed by atoms with Gasteiger partial charge in [0.1, 0.15) is 0 Å². The molecule has 0 unspecified atom stereocenters. The molecule has 1 aliphatic rings. The number of rotatable bonds is 2. The Bertz CT molecular complexity index is 810. The maximum Gasteiger partial charge on any atom is 0.276 e. The molecule has 2 aromatic rings. The van der Waals surface area contributed by atoms with Gasteiger partial charge in [-0.15, -0.1) is 0 Å². The number of nitrogens with one attached hydrogen (secondary N) is 1. The van der Waals surface area contributed by atoms with Gasteiger partial charge in [-0.3, -0.25) is 14.3 Å². The zero-order valence-electron chi connectivity index (χ0n) is 13.2. The molecule has 7 heteroatoms. The molecule has 1 aromatic carbocycles. The number of aryl methyl sites for hydroxylation is 1. The fourth-order valence-corrected chi connectivity index (χ4v) is 3.08. The minimum absolute atomic E-state index is 0.0822. The van der Waals surface area contributed by atoms with Crippen LogP contribution in [0.15, 0.2) is 23.0 Å². The zero-order chi connectivity index (χ0) is 16.6. The predicted octanol–water partition coefficient (Wildman–Crippen LogP) is 1.41. The SMILES string of the molecule is CN1CCC(NC(=O)c2nn(C)c3ccc(Cl)cc3c2=O)CC1. The van der Waals surface area contributed by atoms with Gasteiger partial charge in [-0.1, -0.05) is 11.6 Å². The van der Waals surface area contributed by atoms with E-state index in [4.69, 9.17) is 11.6 Å². The second kappa shape index (κ2) is 6.29. The minimum Gasteiger partial charge on any atom is -0.348 e. The summed E-state index contributed by atoms with van der Waals surface area (Å²) in [6, 6.07) is 5.08. The molecule has 0 aliphatic carbocycles. The largest absolute Gasteiger partial charge is 0.348 e. The molecule has 0 saturated carbocycles. The van der Waals surface area contributed by atoms with Crippen LogP contribution >= 0.6 is 11.6 Å². The first-order chi connectivity index (χ1) is 11.0. The van der Waals surface area contributed by atoms with E-state index in [-0.39, 0.29) is 17.2 Å². The molecular weight excluding hydrogens is 316 g/mol. The monoisotopic (exact) mass is 334 g/mol. The molecule has 1 amide bonds. The molecule has 1 saturated heterocycles. The third kappa shape index (κ3) is 3.23. The Labute approximate surface area is 139 Å². The summed E-state index contributed by atoms with van der Waals surface area (Å²) in [6.45, 7) is 1.87. The van der Waals surface area contributed by atoms with Crippen LogP contribution in [-0.2, 0) is 7.05 Å². The van der Waals surface area contributed by atoms with Gasteiger partial charge >= 0.3 is 0 Å². The van der Waals surface area contributed by atoms with Crippen molar-refractivity contribution in [2.75, 3.05) is 20.1 Å². The van der Waals surface area contributed by atoms with Crippen LogP contribution in [0.25, 0.3) is 10.9 Å². The van der Waals surface area contributed by atoms with Gasteiger partial charge in [0.25, 0.3) is 5.91 Å². The standard InChI is InChI=1S/C16H19ClN4O2/c1-20-7-5-11(6-8-20)18-16(23)14-15(22)12-9-10(17)3-4-13(12)21(2)19-14/h3-4,9,11H,5-8H2,1-2H3,(H,18,23). The van der Waals surface area contributed by atoms with Gasteiger partial charge < -0.3 is 10.2 Å². The predicted molar refractivity (Wildman–Crippen MR) is 90.0 cm³/mol. The first-order valence-electron chi connectivity index (χ1n) is 7.61. The third-order valence-electron chi connectivity index (χ3n) is 4.29. The summed E-state index contributed by atoms with van der Waals surface area (Å²) in [5, 5.41) is 7.94. The van der Waals surface area contributed by atoms with Crippen LogP contribution < -0.4 is 10.7 Å². The summed E-state index contributed by atoms with van der Waals surface area (Å²) < 4.78 is 1.54. The van der Waals surface area contributed by atoms with Crippen molar-refractivity contribution in [1.29, 1.82) is 0 Å². The number of carbonyl (C=O) groups is 1. The molecule has 1 aromatic heterocycles. The van der Waals surface area contributed by atoms with Crippen molar-refractivity contribution in [2.24, 2.45) is 7.05 Å². The Morgan fingerprint density at radius 1 is 1.30 bits per heavy atom. The Balaban J connectivity index is 1.91. The average molecular weight is 335 g/mol. The highest BCUT2D eigenvalue weighted by atomic mass is 35.5. The summed E-state index contributed by atoms with van der Waals surface area (Å²) in [5.41, 5.74) is 0.183. The molecule has 1 aliphatic heterocycles. The van der Waals surface area contributed by atoms with Crippen molar-refractivity contribution < 1.29 is 4.79 Å². The van der Waals surface area contributed by atoms with E-state index in [1.165, 1.54) is 4.68 Å². The topological polar surface area (TPSA) is 67.2 Å². The molecule has 6 nitrogen and oxygen atoms in total. The van der Waals surface area contributed by atoms with Crippen molar-refractivity contribution >= 4 is 28.4 Å². The lowest BCUT2D eigenvalue weighted by Gasteiger charge is -2.29. The van der Waals surface area contributed by atoms with E-state index in [2.05, 4.69) is 22.4 Å². The number of nitrogens with zero attached hydrogens (tertiary/aromatic N) is 3. The highest BCUT2D eigenvalue weighted by Gasteiger charge is 2.22. The van der Waals surface area contributed by atoms with Gasteiger partial charge in [0, 0.05) is 18.1 Å². The number of benzene rings is 1. The molecule has 0 atom stereocenters. The Morgan fingerprint density at radius 3 is 2.70 bits per heavy atom. The molecule has 0 bridgehead atoms. The van der Waals surface area contributed by atoms with E-state index in [0.717, 1.165) is 25.9 Å². The van der Waals surface area contributed by atoms with Gasteiger partial charge in [0.2, 0.25) is 5.43 Å². The van der Waals surface area contributed by atoms with Gasteiger partial charge in [-0.2, -0.15) is 5.10 Å². The number of amides is 1. The normalized spacial score (nSPS) is 16.7. The fourth-order valence-electron chi connectivity index (χ4n) is 2.90. The molecule has 0 spiro atoms. The van der Waals surface area contributed by atoms with Gasteiger partial charge in [-0.25, -0.2) is 0 Å². The average Bonchev–Trinajstić information content (AvgIpc) is 2.53. The third-order valence-corrected chi connectivity index (χ3v) is 4.52. The lowest BCUT2D eigenvalue weighted by atomic mass is 10.1. The quantitative estimate of drug-likeness (QED) is 0.901. The van der Waals surface area contributed by atoms with E-state index in [1.54, 1.807) is 25.2 Å². The van der Waals surface area contributed by atoms with Crippen LogP contribution in [0, 0.1) is 0 Å². The lowest BCUT2D eigenvalue weighted by molar-refractivity contribution is 0.0909. The van der Waals surface area contributed by atoms with Crippen LogP contribution in [0.4, 0.5) is 0 Å². The number of aromatic nitrogens is 2. The summed E-state index contributed by atoms with van der Waals surface area (Å²) in [4.78, 5) is 27.2. The van der Waals surface area contributed by atoms with Crippen molar-refractivity contribution in [3.8, 4) is 0 Å². The lowest BCUT2D eigenvalue weighted by Crippen LogP contribution is -2.44. The molecule has 1 fully saturated rings. The van der Waals surface area contributed by atoms with Crippen molar-refractivity contribution in [3.05, 3.63) is 39.1 Å². The second-order valence-electron chi connectivity index (χ2n) is 6.01. The van der Waals surface area contributed by atoms with E-state index < -0.39 is 5.91 Å². The molecular formula is C16H19ClN4O2. The molecule has 2 heterocycles. The van der Waals surface area contributed by atoms with Crippen LogP contribution in [0.3, 0.4) is 0 Å². The Kier molecular flexibility index (Phi) is 4.37. The number of fused-ring (bicyclic) bond motifs is 1. The number of carbonyl (C=O) groups excluding carboxylic acids is 1. The minimum atomic E-state index is -0.415. The van der Waals surface area contributed by atoms with E-state index in [9.17, 15) is 9.59 Å². The van der Waals surface area contributed by atoms with Crippen LogP contribution in [0.5, 0.6) is 0 Å². The molecule has 23 heavy (non-hydrogen) atoms. The van der Waals surface area contributed by atoms with E-state index >= 15 is 0 Å². The second-order valence-corrected chi connectivity index (χ2v) is 6.45. The number of likely N-dealkylation sites (tertiary alicyclic amines) is 1. The maximum absolute atomic E-state index is 12.6. The number of hydrogen-bond donors (Lipinski definition) is 1. The number of halogens is 1. The van der Waals surface area contributed by atoms with Crippen molar-refractivity contribution in [2.45, 2.75) is 18.9 Å². The van der Waals surface area contributed by atoms with Crippen molar-refractivity contribution in [3.63, 3.8) is 0 Å². The molecule has 1 N–H and O–H groups in total. The fraction of sp³-hybridized carbons (Fsp3) is 0.438. The van der Waals surface area contributed by atoms with Crippen LogP contribution in [0.1, 0.15) is 23.3 Å². The van der Waals surface area contributed by atoms with E-state index in [1.807, 2.05) is 0 Å². The highest BCUT2D eigenvalue weighted by molar-refractivity contribution is 6.31. The first kappa shape index (κ1) is 16.0. The summed E-state index contributed by atoms with van der Waals surface area (Å²) >= 11 is 5.97. The van der Waals surface area contributed by atoms with Crippen molar-refractivity contribution in [1.82, 2.24) is 20.0 Å². The van der Waals surface area contributed by atoms with Gasteiger partial charge in [-0.05, 0) is 51.2 Å². The Morgan fingerprint density at radius 2 is 2.00 bits per heavy atom. The van der Waals surface area contributed by atoms with Gasteiger partial charge in [0.05, 0.1) is 10.9 Å². The Hall–Kier alpha value is -1.92. The van der Waals surface area contributed by atoms with Gasteiger partial charge in [0.15, 0.2) is 5.69 Å². The van der Waals surface area contributed by atoms with E-state index in [0.29, 0.717) is 15.9 Å². The first-order valence-corrected chi connectivity index (χ1v) is 7.99. The van der Waals surface area contributed by atoms with Crippen LogP contribution in [0.2, 0.25) is 5.02 Å². The summed E-state index contributed by atoms with van der Waals surface area (Å²) in [6.07, 6.45) is 1.75. The summed E-state index contributed by atoms with van der Waals surface area (Å²) in [5.74, 6) is -0.415. The smallest absolute Gasteiger partial charge is 0.276 e.